The van der Waals surface area contributed by atoms with E-state index < -0.39 is 48.0 Å². The van der Waals surface area contributed by atoms with Crippen LogP contribution in [-0.2, 0) is 18.1 Å². The Kier molecular flexibility index (Phi) is 6.61. The number of hydrogen-bond acceptors (Lipinski definition) is 4. The molecule has 2 heterocycles. The Morgan fingerprint density at radius 3 is 2.32 bits per heavy atom. The third kappa shape index (κ3) is 5.27. The van der Waals surface area contributed by atoms with E-state index in [1.165, 1.54) is 33.1 Å². The average molecular weight is 493 g/mol. The van der Waals surface area contributed by atoms with E-state index in [9.17, 15) is 35.8 Å². The van der Waals surface area contributed by atoms with Crippen LogP contribution in [0.3, 0.4) is 0 Å². The SMILES string of the molecule is COc1ccc(F)cc1C(C)(C)CC(O)(NCc1cc2cc(C(F)(F)F)ncc2[nH]1)C(F)(F)F. The quantitative estimate of drug-likeness (QED) is 0.303. The van der Waals surface area contributed by atoms with E-state index in [0.29, 0.717) is 0 Å². The molecule has 3 N–H and O–H groups in total. The Hall–Kier alpha value is -2.86. The van der Waals surface area contributed by atoms with Gasteiger partial charge >= 0.3 is 12.4 Å². The van der Waals surface area contributed by atoms with Crippen LogP contribution in [0.25, 0.3) is 10.9 Å². The number of fused-ring (bicyclic) bond motifs is 1. The number of ether oxygens (including phenoxy) is 1. The van der Waals surface area contributed by atoms with Crippen molar-refractivity contribution in [3.05, 3.63) is 59.3 Å². The number of H-pyrrole nitrogens is 1. The number of rotatable bonds is 7. The normalized spacial score (nSPS) is 14.9. The molecule has 0 aliphatic rings. The monoisotopic (exact) mass is 493 g/mol. The smallest absolute Gasteiger partial charge is 0.433 e. The lowest BCUT2D eigenvalue weighted by atomic mass is 9.77. The van der Waals surface area contributed by atoms with Crippen LogP contribution in [0, 0.1) is 5.82 Å². The van der Waals surface area contributed by atoms with Gasteiger partial charge in [0.05, 0.1) is 18.8 Å². The van der Waals surface area contributed by atoms with Gasteiger partial charge in [-0.3, -0.25) is 5.32 Å². The van der Waals surface area contributed by atoms with Crippen LogP contribution in [0.5, 0.6) is 5.75 Å². The fraction of sp³-hybridized carbons (Fsp3) is 0.409. The zero-order valence-electron chi connectivity index (χ0n) is 18.3. The standard InChI is InChI=1S/C22H22F7N3O2/c1-19(2,15-8-13(23)4-5-17(15)34-3)11-20(33,22(27,28)29)31-9-14-6-12-7-18(21(24,25)26)30-10-16(12)32-14/h4-8,10,31-33H,9,11H2,1-3H3. The van der Waals surface area contributed by atoms with E-state index >= 15 is 0 Å². The van der Waals surface area contributed by atoms with Crippen LogP contribution in [-0.4, -0.2) is 34.1 Å². The van der Waals surface area contributed by atoms with Gasteiger partial charge in [0.25, 0.3) is 0 Å². The van der Waals surface area contributed by atoms with Gasteiger partial charge in [-0.25, -0.2) is 9.37 Å². The number of alkyl halides is 6. The highest BCUT2D eigenvalue weighted by Crippen LogP contribution is 2.42. The summed E-state index contributed by atoms with van der Waals surface area (Å²) < 4.78 is 99.4. The molecule has 1 unspecified atom stereocenters. The third-order valence-electron chi connectivity index (χ3n) is 5.48. The topological polar surface area (TPSA) is 70.2 Å². The van der Waals surface area contributed by atoms with Crippen molar-refractivity contribution >= 4 is 10.9 Å². The highest BCUT2D eigenvalue weighted by molar-refractivity contribution is 5.80. The van der Waals surface area contributed by atoms with Gasteiger partial charge in [0.2, 0.25) is 5.72 Å². The van der Waals surface area contributed by atoms with Gasteiger partial charge < -0.3 is 14.8 Å². The van der Waals surface area contributed by atoms with Gasteiger partial charge in [-0.1, -0.05) is 13.8 Å². The Balaban J connectivity index is 1.88. The lowest BCUT2D eigenvalue weighted by Gasteiger charge is -2.38. The molecule has 1 aromatic carbocycles. The summed E-state index contributed by atoms with van der Waals surface area (Å²) in [4.78, 5) is 5.97. The van der Waals surface area contributed by atoms with Crippen LogP contribution in [0.1, 0.15) is 37.2 Å². The van der Waals surface area contributed by atoms with E-state index in [-0.39, 0.29) is 27.9 Å². The number of aliphatic hydroxyl groups is 1. The molecule has 0 bridgehead atoms. The second-order valence-electron chi connectivity index (χ2n) is 8.57. The minimum absolute atomic E-state index is 0.0968. The first-order valence-electron chi connectivity index (χ1n) is 9.99. The summed E-state index contributed by atoms with van der Waals surface area (Å²) in [5.41, 5.74) is -5.56. The fourth-order valence-electron chi connectivity index (χ4n) is 3.79. The first-order valence-corrected chi connectivity index (χ1v) is 9.99. The summed E-state index contributed by atoms with van der Waals surface area (Å²) in [6.45, 7) is 2.24. The van der Waals surface area contributed by atoms with E-state index in [2.05, 4.69) is 15.3 Å². The van der Waals surface area contributed by atoms with Crippen LogP contribution in [0.4, 0.5) is 30.7 Å². The van der Waals surface area contributed by atoms with Crippen molar-refractivity contribution in [1.82, 2.24) is 15.3 Å². The van der Waals surface area contributed by atoms with Crippen LogP contribution in [0.2, 0.25) is 0 Å². The molecular weight excluding hydrogens is 471 g/mol. The molecule has 0 saturated heterocycles. The molecule has 3 aromatic rings. The van der Waals surface area contributed by atoms with Gasteiger partial charge in [0.15, 0.2) is 0 Å². The zero-order valence-corrected chi connectivity index (χ0v) is 18.3. The maximum atomic E-state index is 13.9. The predicted molar refractivity (Wildman–Crippen MR) is 110 cm³/mol. The Bertz CT molecular complexity index is 1170. The van der Waals surface area contributed by atoms with Crippen molar-refractivity contribution < 1.29 is 40.6 Å². The number of aromatic amines is 1. The van der Waals surface area contributed by atoms with Crippen molar-refractivity contribution in [2.24, 2.45) is 0 Å². The average Bonchev–Trinajstić information content (AvgIpc) is 3.13. The van der Waals surface area contributed by atoms with E-state index in [4.69, 9.17) is 4.74 Å². The number of hydrogen-bond donors (Lipinski definition) is 3. The number of benzene rings is 1. The molecule has 0 amide bonds. The lowest BCUT2D eigenvalue weighted by molar-refractivity contribution is -0.280. The summed E-state index contributed by atoms with van der Waals surface area (Å²) in [6.07, 6.45) is -9.80. The van der Waals surface area contributed by atoms with Crippen LogP contribution in [0.15, 0.2) is 36.5 Å². The summed E-state index contributed by atoms with van der Waals surface area (Å²) in [6, 6.07) is 5.42. The maximum absolute atomic E-state index is 13.9. The second-order valence-corrected chi connectivity index (χ2v) is 8.57. The van der Waals surface area contributed by atoms with Gasteiger partial charge in [0.1, 0.15) is 17.3 Å². The molecule has 34 heavy (non-hydrogen) atoms. The third-order valence-corrected chi connectivity index (χ3v) is 5.48. The minimum atomic E-state index is -5.14. The molecular formula is C22H22F7N3O2. The van der Waals surface area contributed by atoms with Gasteiger partial charge in [-0.2, -0.15) is 26.3 Å². The number of aromatic nitrogens is 2. The van der Waals surface area contributed by atoms with Crippen molar-refractivity contribution in [3.63, 3.8) is 0 Å². The summed E-state index contributed by atoms with van der Waals surface area (Å²) in [5.74, 6) is -0.531. The number of methoxy groups -OCH3 is 1. The molecule has 1 atom stereocenters. The summed E-state index contributed by atoms with van der Waals surface area (Å²) >= 11 is 0. The molecule has 0 saturated carbocycles. The Labute approximate surface area is 189 Å². The molecule has 0 fully saturated rings. The molecule has 5 nitrogen and oxygen atoms in total. The fourth-order valence-corrected chi connectivity index (χ4v) is 3.79. The second kappa shape index (κ2) is 8.73. The van der Waals surface area contributed by atoms with Crippen molar-refractivity contribution in [1.29, 1.82) is 0 Å². The van der Waals surface area contributed by atoms with Gasteiger partial charge in [0, 0.05) is 29.6 Å². The highest BCUT2D eigenvalue weighted by Gasteiger charge is 2.56. The number of halogens is 7. The molecule has 186 valence electrons. The van der Waals surface area contributed by atoms with Gasteiger partial charge in [-0.15, -0.1) is 0 Å². The van der Waals surface area contributed by atoms with Crippen molar-refractivity contribution in [3.8, 4) is 5.75 Å². The molecule has 0 aliphatic heterocycles. The van der Waals surface area contributed by atoms with E-state index in [0.717, 1.165) is 24.4 Å². The highest BCUT2D eigenvalue weighted by atomic mass is 19.4. The predicted octanol–water partition coefficient (Wildman–Crippen LogP) is 5.44. The number of nitrogens with zero attached hydrogens (tertiary/aromatic N) is 1. The summed E-state index contributed by atoms with van der Waals surface area (Å²) in [5, 5.41) is 12.8. The van der Waals surface area contributed by atoms with Crippen molar-refractivity contribution in [2.45, 2.75) is 50.3 Å². The van der Waals surface area contributed by atoms with E-state index in [1.807, 2.05) is 0 Å². The molecule has 3 rings (SSSR count). The minimum Gasteiger partial charge on any atom is -0.496 e. The molecule has 12 heteroatoms. The van der Waals surface area contributed by atoms with Crippen LogP contribution < -0.4 is 10.1 Å². The molecule has 0 aliphatic carbocycles. The number of nitrogens with one attached hydrogen (secondary N) is 2. The molecule has 2 aromatic heterocycles. The largest absolute Gasteiger partial charge is 0.496 e. The Morgan fingerprint density at radius 2 is 1.74 bits per heavy atom. The Morgan fingerprint density at radius 1 is 1.06 bits per heavy atom. The molecule has 0 spiro atoms. The molecule has 0 radical (unpaired) electrons. The number of pyridine rings is 1. The summed E-state index contributed by atoms with van der Waals surface area (Å²) in [7, 11) is 1.29. The van der Waals surface area contributed by atoms with E-state index in [1.54, 1.807) is 0 Å². The van der Waals surface area contributed by atoms with Crippen LogP contribution >= 0.6 is 0 Å². The van der Waals surface area contributed by atoms with Crippen molar-refractivity contribution in [2.75, 3.05) is 7.11 Å². The first kappa shape index (κ1) is 25.8. The maximum Gasteiger partial charge on any atom is 0.433 e. The van der Waals surface area contributed by atoms with Gasteiger partial charge in [-0.05, 0) is 35.7 Å². The first-order chi connectivity index (χ1) is 15.6. The lowest BCUT2D eigenvalue weighted by Crippen LogP contribution is -2.59. The zero-order chi connectivity index (χ0) is 25.5.